The van der Waals surface area contributed by atoms with Crippen molar-refractivity contribution in [2.24, 2.45) is 5.41 Å². The molecule has 1 aromatic carbocycles. The molecule has 0 amide bonds. The Morgan fingerprint density at radius 1 is 1.06 bits per heavy atom. The van der Waals surface area contributed by atoms with Gasteiger partial charge in [-0.2, -0.15) is 13.2 Å². The molecule has 0 aliphatic carbocycles. The highest BCUT2D eigenvalue weighted by Gasteiger charge is 2.61. The molecule has 1 nitrogen and oxygen atoms in total. The summed E-state index contributed by atoms with van der Waals surface area (Å²) in [4.78, 5) is 0. The van der Waals surface area contributed by atoms with Gasteiger partial charge in [0.2, 0.25) is 0 Å². The first kappa shape index (κ1) is 14.0. The summed E-state index contributed by atoms with van der Waals surface area (Å²) in [6.07, 6.45) is -4.88. The number of hydrogen-bond acceptors (Lipinski definition) is 1. The minimum absolute atomic E-state index is 0.488. The van der Waals surface area contributed by atoms with Crippen LogP contribution in [0.1, 0.15) is 26.3 Å². The molecule has 1 unspecified atom stereocenters. The molecule has 0 saturated carbocycles. The van der Waals surface area contributed by atoms with Gasteiger partial charge in [-0.05, 0) is 17.7 Å². The Bertz CT molecular complexity index is 390. The fraction of sp³-hybridized carbons (Fsp3) is 0.500. The smallest absolute Gasteiger partial charge is 0.376 e. The van der Waals surface area contributed by atoms with Crippen molar-refractivity contribution in [2.75, 3.05) is 0 Å². The highest BCUT2D eigenvalue weighted by molar-refractivity contribution is 5.27. The van der Waals surface area contributed by atoms with Gasteiger partial charge in [0.1, 0.15) is 5.82 Å². The summed E-state index contributed by atoms with van der Waals surface area (Å²) in [6.45, 7) is 3.77. The van der Waals surface area contributed by atoms with E-state index in [0.717, 1.165) is 18.2 Å². The summed E-state index contributed by atoms with van der Waals surface area (Å²) in [6, 6.07) is 3.95. The molecule has 0 aromatic heterocycles. The van der Waals surface area contributed by atoms with Crippen LogP contribution in [0.2, 0.25) is 0 Å². The average molecular weight is 250 g/mol. The van der Waals surface area contributed by atoms with E-state index in [-0.39, 0.29) is 0 Å². The van der Waals surface area contributed by atoms with Gasteiger partial charge in [0.05, 0.1) is 0 Å². The van der Waals surface area contributed by atoms with Gasteiger partial charge in [-0.25, -0.2) is 4.39 Å². The van der Waals surface area contributed by atoms with E-state index in [0.29, 0.717) is 6.07 Å². The van der Waals surface area contributed by atoms with Gasteiger partial charge in [0, 0.05) is 5.41 Å². The van der Waals surface area contributed by atoms with E-state index in [2.05, 4.69) is 0 Å². The first-order valence-electron chi connectivity index (χ1n) is 5.05. The van der Waals surface area contributed by atoms with Crippen LogP contribution in [-0.4, -0.2) is 11.3 Å². The topological polar surface area (TPSA) is 20.2 Å². The van der Waals surface area contributed by atoms with Crippen molar-refractivity contribution in [3.8, 4) is 0 Å². The molecule has 0 bridgehead atoms. The summed E-state index contributed by atoms with van der Waals surface area (Å²) < 4.78 is 52.1. The molecule has 0 saturated heterocycles. The van der Waals surface area contributed by atoms with Crippen molar-refractivity contribution < 1.29 is 22.7 Å². The Hall–Kier alpha value is -1.10. The molecule has 1 aromatic rings. The van der Waals surface area contributed by atoms with Gasteiger partial charge in [0.25, 0.3) is 0 Å². The van der Waals surface area contributed by atoms with Gasteiger partial charge in [-0.3, -0.25) is 0 Å². The number of rotatable bonds is 1. The van der Waals surface area contributed by atoms with Crippen LogP contribution in [0.5, 0.6) is 0 Å². The molecule has 1 atom stereocenters. The molecule has 1 rings (SSSR count). The molecule has 5 heteroatoms. The van der Waals surface area contributed by atoms with Crippen molar-refractivity contribution in [1.29, 1.82) is 0 Å². The fourth-order valence-electron chi connectivity index (χ4n) is 1.74. The second-order valence-electron chi connectivity index (χ2n) is 4.97. The first-order valence-corrected chi connectivity index (χ1v) is 5.05. The minimum Gasteiger partial charge on any atom is -0.376 e. The van der Waals surface area contributed by atoms with Gasteiger partial charge in [0.15, 0.2) is 5.60 Å². The average Bonchev–Trinajstić information content (AvgIpc) is 2.12. The minimum atomic E-state index is -4.88. The summed E-state index contributed by atoms with van der Waals surface area (Å²) in [7, 11) is 0. The predicted octanol–water partition coefficient (Wildman–Crippen LogP) is 3.62. The van der Waals surface area contributed by atoms with Gasteiger partial charge < -0.3 is 5.11 Å². The molecule has 0 aliphatic rings. The third kappa shape index (κ3) is 2.29. The highest BCUT2D eigenvalue weighted by Crippen LogP contribution is 2.50. The lowest BCUT2D eigenvalue weighted by Gasteiger charge is -2.41. The standard InChI is InChI=1S/C12H14F4O/c1-10(2,3)11(17,12(14,15)16)8-5-4-6-9(13)7-8/h4-7,17H,1-3H3. The molecule has 0 radical (unpaired) electrons. The van der Waals surface area contributed by atoms with Gasteiger partial charge >= 0.3 is 6.18 Å². The monoisotopic (exact) mass is 250 g/mol. The number of benzene rings is 1. The number of alkyl halides is 3. The Kier molecular flexibility index (Phi) is 3.27. The Balaban J connectivity index is 3.46. The second-order valence-corrected chi connectivity index (χ2v) is 4.97. The summed E-state index contributed by atoms with van der Waals surface area (Å²) in [5.41, 5.74) is -5.07. The van der Waals surface area contributed by atoms with Crippen LogP contribution in [0.25, 0.3) is 0 Å². The predicted molar refractivity (Wildman–Crippen MR) is 55.8 cm³/mol. The van der Waals surface area contributed by atoms with Crippen LogP contribution in [0.3, 0.4) is 0 Å². The van der Waals surface area contributed by atoms with E-state index < -0.39 is 28.6 Å². The van der Waals surface area contributed by atoms with Crippen LogP contribution in [-0.2, 0) is 5.60 Å². The SMILES string of the molecule is CC(C)(C)C(O)(c1cccc(F)c1)C(F)(F)F. The lowest BCUT2D eigenvalue weighted by Crippen LogP contribution is -2.52. The lowest BCUT2D eigenvalue weighted by atomic mass is 9.71. The Morgan fingerprint density at radius 3 is 1.94 bits per heavy atom. The maximum Gasteiger partial charge on any atom is 0.421 e. The zero-order chi connectivity index (χ0) is 13.5. The van der Waals surface area contributed by atoms with Crippen LogP contribution >= 0.6 is 0 Å². The highest BCUT2D eigenvalue weighted by atomic mass is 19.4. The maximum absolute atomic E-state index is 13.0. The largest absolute Gasteiger partial charge is 0.421 e. The van der Waals surface area contributed by atoms with Crippen LogP contribution in [0.4, 0.5) is 17.6 Å². The number of aliphatic hydroxyl groups is 1. The molecule has 1 N–H and O–H groups in total. The molecule has 0 spiro atoms. The van der Waals surface area contributed by atoms with Crippen LogP contribution < -0.4 is 0 Å². The fourth-order valence-corrected chi connectivity index (χ4v) is 1.74. The van der Waals surface area contributed by atoms with E-state index in [4.69, 9.17) is 0 Å². The van der Waals surface area contributed by atoms with E-state index in [1.165, 1.54) is 20.8 Å². The molecular weight excluding hydrogens is 236 g/mol. The van der Waals surface area contributed by atoms with E-state index >= 15 is 0 Å². The zero-order valence-corrected chi connectivity index (χ0v) is 9.77. The normalized spacial score (nSPS) is 16.7. The number of hydrogen-bond donors (Lipinski definition) is 1. The molecule has 0 heterocycles. The summed E-state index contributed by atoms with van der Waals surface area (Å²) in [5, 5.41) is 9.99. The zero-order valence-electron chi connectivity index (χ0n) is 9.77. The summed E-state index contributed by atoms with van der Waals surface area (Å²) in [5.74, 6) is -0.811. The maximum atomic E-state index is 13.0. The van der Waals surface area contributed by atoms with Crippen LogP contribution in [0, 0.1) is 11.2 Å². The van der Waals surface area contributed by atoms with Crippen molar-refractivity contribution in [3.05, 3.63) is 35.6 Å². The molecule has 96 valence electrons. The van der Waals surface area contributed by atoms with E-state index in [9.17, 15) is 22.7 Å². The second kappa shape index (κ2) is 3.98. The quantitative estimate of drug-likeness (QED) is 0.755. The van der Waals surface area contributed by atoms with Crippen LogP contribution in [0.15, 0.2) is 24.3 Å². The van der Waals surface area contributed by atoms with Crippen molar-refractivity contribution in [1.82, 2.24) is 0 Å². The summed E-state index contributed by atoms with van der Waals surface area (Å²) >= 11 is 0. The molecule has 17 heavy (non-hydrogen) atoms. The van der Waals surface area contributed by atoms with E-state index in [1.807, 2.05) is 0 Å². The van der Waals surface area contributed by atoms with Gasteiger partial charge in [-0.1, -0.05) is 32.9 Å². The van der Waals surface area contributed by atoms with E-state index in [1.54, 1.807) is 0 Å². The first-order chi connectivity index (χ1) is 7.50. The third-order valence-corrected chi connectivity index (χ3v) is 2.74. The van der Waals surface area contributed by atoms with Crippen molar-refractivity contribution in [3.63, 3.8) is 0 Å². The van der Waals surface area contributed by atoms with Gasteiger partial charge in [-0.15, -0.1) is 0 Å². The number of halogens is 4. The Morgan fingerprint density at radius 2 is 1.59 bits per heavy atom. The van der Waals surface area contributed by atoms with Crippen molar-refractivity contribution in [2.45, 2.75) is 32.5 Å². The molecule has 0 fully saturated rings. The Labute approximate surface area is 97.1 Å². The third-order valence-electron chi connectivity index (χ3n) is 2.74. The molecule has 0 aliphatic heterocycles. The lowest BCUT2D eigenvalue weighted by molar-refractivity contribution is -0.302. The van der Waals surface area contributed by atoms with Crippen molar-refractivity contribution >= 4 is 0 Å². The molecular formula is C12H14F4O.